The third kappa shape index (κ3) is 1.13. The maximum atomic E-state index is 10.9. The van der Waals surface area contributed by atoms with Gasteiger partial charge in [0.05, 0.1) is 0 Å². The molecule has 0 unspecified atom stereocenters. The normalized spacial score (nSPS) is 38.2. The van der Waals surface area contributed by atoms with E-state index in [0.717, 1.165) is 31.1 Å². The Morgan fingerprint density at radius 1 is 1.40 bits per heavy atom. The molecule has 0 spiro atoms. The number of carbonyl (C=O) groups is 1. The van der Waals surface area contributed by atoms with Crippen molar-refractivity contribution < 1.29 is 4.79 Å². The van der Waals surface area contributed by atoms with Crippen molar-refractivity contribution in [2.24, 2.45) is 11.8 Å². The Kier molecular flexibility index (Phi) is 1.37. The first-order chi connectivity index (χ1) is 4.86. The Labute approximate surface area is 61.1 Å². The molecule has 0 aromatic carbocycles. The first-order valence-corrected chi connectivity index (χ1v) is 4.05. The van der Waals surface area contributed by atoms with Crippen LogP contribution in [0.2, 0.25) is 0 Å². The predicted octanol–water partition coefficient (Wildman–Crippen LogP) is 1.93. The molecule has 1 fully saturated rings. The van der Waals surface area contributed by atoms with Gasteiger partial charge in [0.25, 0.3) is 0 Å². The number of allylic oxidation sites excluding steroid dienone is 2. The van der Waals surface area contributed by atoms with Crippen LogP contribution < -0.4 is 0 Å². The van der Waals surface area contributed by atoms with Crippen LogP contribution in [0.25, 0.3) is 0 Å². The summed E-state index contributed by atoms with van der Waals surface area (Å²) in [5.41, 5.74) is 0. The molecule has 2 aliphatic rings. The second kappa shape index (κ2) is 2.22. The Bertz CT molecular complexity index is 181. The second-order valence-electron chi connectivity index (χ2n) is 3.40. The molecule has 0 heterocycles. The van der Waals surface area contributed by atoms with Gasteiger partial charge in [0.1, 0.15) is 0 Å². The van der Waals surface area contributed by atoms with Crippen LogP contribution in [0.1, 0.15) is 25.7 Å². The van der Waals surface area contributed by atoms with Gasteiger partial charge in [-0.25, -0.2) is 0 Å². The molecular formula is C9H12O. The van der Waals surface area contributed by atoms with E-state index >= 15 is 0 Å². The van der Waals surface area contributed by atoms with E-state index in [9.17, 15) is 4.79 Å². The average Bonchev–Trinajstić information content (AvgIpc) is 2.59. The quantitative estimate of drug-likeness (QED) is 0.497. The third-order valence-corrected chi connectivity index (χ3v) is 2.57. The number of carbonyl (C=O) groups excluding carboxylic acids is 1. The van der Waals surface area contributed by atoms with Crippen LogP contribution in [0, 0.1) is 11.8 Å². The van der Waals surface area contributed by atoms with E-state index in [1.165, 1.54) is 6.42 Å². The van der Waals surface area contributed by atoms with E-state index in [0.29, 0.717) is 5.78 Å². The highest BCUT2D eigenvalue weighted by Crippen LogP contribution is 2.45. The summed E-state index contributed by atoms with van der Waals surface area (Å²) in [6.45, 7) is 0. The Morgan fingerprint density at radius 2 is 2.30 bits per heavy atom. The van der Waals surface area contributed by atoms with Crippen molar-refractivity contribution in [3.8, 4) is 0 Å². The number of fused-ring (bicyclic) bond motifs is 1. The van der Waals surface area contributed by atoms with Crippen molar-refractivity contribution in [2.75, 3.05) is 0 Å². The van der Waals surface area contributed by atoms with Gasteiger partial charge in [-0.05, 0) is 37.2 Å². The number of hydrogen-bond donors (Lipinski definition) is 0. The Balaban J connectivity index is 2.02. The van der Waals surface area contributed by atoms with Gasteiger partial charge in [-0.1, -0.05) is 6.08 Å². The smallest absolute Gasteiger partial charge is 0.155 e. The lowest BCUT2D eigenvalue weighted by Crippen LogP contribution is -1.96. The number of rotatable bonds is 0. The standard InChI is InChI=1S/C9H12O/c10-9-3-1-2-7-6-8(7)4-5-9/h1,3,7-8H,2,4-6H2/t7-,8+/m0/s1. The highest BCUT2D eigenvalue weighted by atomic mass is 16.1. The van der Waals surface area contributed by atoms with Crippen LogP contribution in [0.15, 0.2) is 12.2 Å². The molecule has 2 rings (SSSR count). The molecule has 0 aliphatic heterocycles. The Hall–Kier alpha value is -0.590. The van der Waals surface area contributed by atoms with Gasteiger partial charge in [-0.15, -0.1) is 0 Å². The molecule has 0 bridgehead atoms. The third-order valence-electron chi connectivity index (χ3n) is 2.57. The summed E-state index contributed by atoms with van der Waals surface area (Å²) >= 11 is 0. The maximum Gasteiger partial charge on any atom is 0.155 e. The fraction of sp³-hybridized carbons (Fsp3) is 0.667. The summed E-state index contributed by atoms with van der Waals surface area (Å²) in [5.74, 6) is 2.16. The van der Waals surface area contributed by atoms with E-state index in [4.69, 9.17) is 0 Å². The van der Waals surface area contributed by atoms with Gasteiger partial charge in [0, 0.05) is 6.42 Å². The zero-order valence-electron chi connectivity index (χ0n) is 6.05. The lowest BCUT2D eigenvalue weighted by Gasteiger charge is -1.99. The molecule has 1 heteroatoms. The van der Waals surface area contributed by atoms with E-state index in [1.807, 2.05) is 6.08 Å². The molecule has 0 amide bonds. The SMILES string of the molecule is O=C1C=CC[C@H]2C[C@H]2CC1. The van der Waals surface area contributed by atoms with Crippen molar-refractivity contribution >= 4 is 5.78 Å². The van der Waals surface area contributed by atoms with E-state index in [2.05, 4.69) is 0 Å². The summed E-state index contributed by atoms with van der Waals surface area (Å²) in [6.07, 6.45) is 8.26. The first kappa shape index (κ1) is 6.14. The van der Waals surface area contributed by atoms with E-state index in [1.54, 1.807) is 6.08 Å². The van der Waals surface area contributed by atoms with Crippen molar-refractivity contribution in [2.45, 2.75) is 25.7 Å². The molecule has 1 saturated carbocycles. The zero-order valence-corrected chi connectivity index (χ0v) is 6.05. The molecule has 2 atom stereocenters. The summed E-state index contributed by atoms with van der Waals surface area (Å²) in [5, 5.41) is 0. The molecule has 0 aromatic rings. The summed E-state index contributed by atoms with van der Waals surface area (Å²) in [4.78, 5) is 10.9. The topological polar surface area (TPSA) is 17.1 Å². The summed E-state index contributed by atoms with van der Waals surface area (Å²) in [7, 11) is 0. The predicted molar refractivity (Wildman–Crippen MR) is 39.6 cm³/mol. The largest absolute Gasteiger partial charge is 0.295 e. The van der Waals surface area contributed by atoms with Crippen LogP contribution in [0.3, 0.4) is 0 Å². The lowest BCUT2D eigenvalue weighted by atomic mass is 10.1. The fourth-order valence-corrected chi connectivity index (χ4v) is 1.74. The van der Waals surface area contributed by atoms with Crippen LogP contribution in [0.4, 0.5) is 0 Å². The molecular weight excluding hydrogens is 124 g/mol. The zero-order chi connectivity index (χ0) is 6.97. The monoisotopic (exact) mass is 136 g/mol. The molecule has 10 heavy (non-hydrogen) atoms. The molecule has 1 nitrogen and oxygen atoms in total. The van der Waals surface area contributed by atoms with Crippen molar-refractivity contribution in [3.63, 3.8) is 0 Å². The van der Waals surface area contributed by atoms with Gasteiger partial charge in [0.15, 0.2) is 5.78 Å². The number of ketones is 1. The Morgan fingerprint density at radius 3 is 3.20 bits per heavy atom. The minimum Gasteiger partial charge on any atom is -0.295 e. The first-order valence-electron chi connectivity index (χ1n) is 4.05. The highest BCUT2D eigenvalue weighted by molar-refractivity contribution is 5.89. The van der Waals surface area contributed by atoms with Crippen LogP contribution >= 0.6 is 0 Å². The molecule has 2 aliphatic carbocycles. The summed E-state index contributed by atoms with van der Waals surface area (Å²) < 4.78 is 0. The molecule has 0 N–H and O–H groups in total. The molecule has 0 radical (unpaired) electrons. The minimum absolute atomic E-state index is 0.324. The van der Waals surface area contributed by atoms with Crippen LogP contribution in [-0.2, 0) is 4.79 Å². The van der Waals surface area contributed by atoms with Gasteiger partial charge >= 0.3 is 0 Å². The van der Waals surface area contributed by atoms with E-state index < -0.39 is 0 Å². The fourth-order valence-electron chi connectivity index (χ4n) is 1.74. The average molecular weight is 136 g/mol. The molecule has 0 saturated heterocycles. The second-order valence-corrected chi connectivity index (χ2v) is 3.40. The minimum atomic E-state index is 0.324. The summed E-state index contributed by atoms with van der Waals surface area (Å²) in [6, 6.07) is 0. The highest BCUT2D eigenvalue weighted by Gasteiger charge is 2.36. The molecule has 54 valence electrons. The van der Waals surface area contributed by atoms with Crippen molar-refractivity contribution in [1.29, 1.82) is 0 Å². The van der Waals surface area contributed by atoms with Crippen LogP contribution in [-0.4, -0.2) is 5.78 Å². The van der Waals surface area contributed by atoms with Gasteiger partial charge in [0.2, 0.25) is 0 Å². The van der Waals surface area contributed by atoms with Crippen LogP contribution in [0.5, 0.6) is 0 Å². The van der Waals surface area contributed by atoms with Crippen molar-refractivity contribution in [1.82, 2.24) is 0 Å². The maximum absolute atomic E-state index is 10.9. The van der Waals surface area contributed by atoms with Gasteiger partial charge in [-0.2, -0.15) is 0 Å². The lowest BCUT2D eigenvalue weighted by molar-refractivity contribution is -0.114. The van der Waals surface area contributed by atoms with Gasteiger partial charge < -0.3 is 0 Å². The van der Waals surface area contributed by atoms with E-state index in [-0.39, 0.29) is 0 Å². The van der Waals surface area contributed by atoms with Gasteiger partial charge in [-0.3, -0.25) is 4.79 Å². The van der Waals surface area contributed by atoms with Crippen molar-refractivity contribution in [3.05, 3.63) is 12.2 Å². The molecule has 0 aromatic heterocycles. The number of hydrogen-bond acceptors (Lipinski definition) is 1.